The average Bonchev–Trinajstić information content (AvgIpc) is 3.24. The molecule has 1 aliphatic heterocycles. The molecule has 3 aromatic carbocycles. The van der Waals surface area contributed by atoms with E-state index < -0.39 is 0 Å². The third-order valence-corrected chi connectivity index (χ3v) is 6.06. The maximum absolute atomic E-state index is 13.6. The van der Waals surface area contributed by atoms with E-state index in [9.17, 15) is 9.18 Å². The highest BCUT2D eigenvalue weighted by Gasteiger charge is 2.33. The summed E-state index contributed by atoms with van der Waals surface area (Å²) in [7, 11) is 0. The first-order chi connectivity index (χ1) is 15.6. The first kappa shape index (κ1) is 20.1. The molecule has 1 aromatic heterocycles. The van der Waals surface area contributed by atoms with Gasteiger partial charge < -0.3 is 14.8 Å². The van der Waals surface area contributed by atoms with Gasteiger partial charge in [0.2, 0.25) is 0 Å². The molecule has 160 valence electrons. The number of fused-ring (bicyclic) bond motifs is 3. The zero-order valence-electron chi connectivity index (χ0n) is 17.8. The molecule has 2 heterocycles. The summed E-state index contributed by atoms with van der Waals surface area (Å²) in [6.45, 7) is 2.89. The SMILES string of the molecule is Cc1ccccc1[C@H]1c2cccn2-c2ccccc2CN1C(=O)NCc1ccc(F)cc1. The fraction of sp³-hybridized carbons (Fsp3) is 0.148. The van der Waals surface area contributed by atoms with Gasteiger partial charge in [0.05, 0.1) is 12.2 Å². The van der Waals surface area contributed by atoms with Crippen LogP contribution in [0.4, 0.5) is 9.18 Å². The van der Waals surface area contributed by atoms with E-state index in [1.807, 2.05) is 35.2 Å². The van der Waals surface area contributed by atoms with Crippen LogP contribution in [0.15, 0.2) is 91.1 Å². The number of hydrogen-bond donors (Lipinski definition) is 1. The number of carbonyl (C=O) groups is 1. The molecule has 1 aliphatic rings. The molecule has 0 saturated carbocycles. The van der Waals surface area contributed by atoms with E-state index in [-0.39, 0.29) is 17.9 Å². The van der Waals surface area contributed by atoms with E-state index >= 15 is 0 Å². The van der Waals surface area contributed by atoms with Crippen LogP contribution in [0.2, 0.25) is 0 Å². The van der Waals surface area contributed by atoms with Gasteiger partial charge in [0.15, 0.2) is 0 Å². The fourth-order valence-electron chi connectivity index (χ4n) is 4.44. The number of para-hydroxylation sites is 1. The molecule has 4 nitrogen and oxygen atoms in total. The van der Waals surface area contributed by atoms with Gasteiger partial charge in [-0.2, -0.15) is 0 Å². The normalized spacial score (nSPS) is 14.9. The molecular weight excluding hydrogens is 401 g/mol. The highest BCUT2D eigenvalue weighted by molar-refractivity contribution is 5.76. The number of aryl methyl sites for hydroxylation is 1. The van der Waals surface area contributed by atoms with Gasteiger partial charge in [0.25, 0.3) is 0 Å². The van der Waals surface area contributed by atoms with Gasteiger partial charge >= 0.3 is 6.03 Å². The zero-order chi connectivity index (χ0) is 22.1. The molecule has 0 radical (unpaired) electrons. The second kappa shape index (κ2) is 8.35. The van der Waals surface area contributed by atoms with Crippen molar-refractivity contribution in [2.75, 3.05) is 0 Å². The first-order valence-electron chi connectivity index (χ1n) is 10.7. The molecule has 0 saturated heterocycles. The largest absolute Gasteiger partial charge is 0.334 e. The summed E-state index contributed by atoms with van der Waals surface area (Å²) in [5.74, 6) is -0.287. The third-order valence-electron chi connectivity index (χ3n) is 6.06. The Kier molecular flexibility index (Phi) is 5.23. The van der Waals surface area contributed by atoms with Gasteiger partial charge in [-0.1, -0.05) is 54.6 Å². The van der Waals surface area contributed by atoms with Crippen molar-refractivity contribution in [1.82, 2.24) is 14.8 Å². The van der Waals surface area contributed by atoms with Crippen LogP contribution in [0.1, 0.15) is 34.0 Å². The van der Waals surface area contributed by atoms with Crippen LogP contribution in [0.5, 0.6) is 0 Å². The van der Waals surface area contributed by atoms with Crippen molar-refractivity contribution >= 4 is 6.03 Å². The predicted molar refractivity (Wildman–Crippen MR) is 123 cm³/mol. The first-order valence-corrected chi connectivity index (χ1v) is 10.7. The number of rotatable bonds is 3. The van der Waals surface area contributed by atoms with Gasteiger partial charge in [-0.05, 0) is 59.5 Å². The third kappa shape index (κ3) is 3.66. The smallest absolute Gasteiger partial charge is 0.318 e. The van der Waals surface area contributed by atoms with Crippen molar-refractivity contribution in [1.29, 1.82) is 0 Å². The Morgan fingerprint density at radius 3 is 2.53 bits per heavy atom. The number of hydrogen-bond acceptors (Lipinski definition) is 1. The van der Waals surface area contributed by atoms with E-state index in [0.717, 1.165) is 33.6 Å². The van der Waals surface area contributed by atoms with Crippen molar-refractivity contribution in [2.45, 2.75) is 26.1 Å². The molecule has 1 atom stereocenters. The maximum Gasteiger partial charge on any atom is 0.318 e. The summed E-state index contributed by atoms with van der Waals surface area (Å²) < 4.78 is 15.4. The minimum Gasteiger partial charge on any atom is -0.334 e. The Hall–Kier alpha value is -3.86. The summed E-state index contributed by atoms with van der Waals surface area (Å²) in [4.78, 5) is 15.5. The molecule has 0 bridgehead atoms. The quantitative estimate of drug-likeness (QED) is 0.447. The maximum atomic E-state index is 13.6. The predicted octanol–water partition coefficient (Wildman–Crippen LogP) is 5.74. The fourth-order valence-corrected chi connectivity index (χ4v) is 4.44. The molecule has 32 heavy (non-hydrogen) atoms. The van der Waals surface area contributed by atoms with Gasteiger partial charge in [-0.25, -0.2) is 9.18 Å². The minimum atomic E-state index is -0.287. The highest BCUT2D eigenvalue weighted by atomic mass is 19.1. The number of urea groups is 1. The Labute approximate surface area is 186 Å². The summed E-state index contributed by atoms with van der Waals surface area (Å²) in [5, 5.41) is 3.04. The topological polar surface area (TPSA) is 37.3 Å². The molecule has 5 rings (SSSR count). The van der Waals surface area contributed by atoms with Crippen LogP contribution >= 0.6 is 0 Å². The van der Waals surface area contributed by atoms with Crippen molar-refractivity contribution in [3.05, 3.63) is 125 Å². The molecule has 0 fully saturated rings. The molecule has 0 aliphatic carbocycles. The van der Waals surface area contributed by atoms with Crippen molar-refractivity contribution in [3.63, 3.8) is 0 Å². The van der Waals surface area contributed by atoms with E-state index in [1.54, 1.807) is 12.1 Å². The summed E-state index contributed by atoms with van der Waals surface area (Å²) in [6.07, 6.45) is 2.05. The zero-order valence-corrected chi connectivity index (χ0v) is 17.8. The number of halogens is 1. The summed E-state index contributed by atoms with van der Waals surface area (Å²) in [5.41, 5.74) is 6.29. The van der Waals surface area contributed by atoms with Gasteiger partial charge in [0.1, 0.15) is 11.9 Å². The van der Waals surface area contributed by atoms with Crippen LogP contribution in [0, 0.1) is 12.7 Å². The number of benzene rings is 3. The van der Waals surface area contributed by atoms with E-state index in [4.69, 9.17) is 0 Å². The second-order valence-corrected chi connectivity index (χ2v) is 8.10. The molecular formula is C27H24FN3O. The van der Waals surface area contributed by atoms with Gasteiger partial charge in [-0.15, -0.1) is 0 Å². The van der Waals surface area contributed by atoms with Crippen LogP contribution in [-0.2, 0) is 13.1 Å². The lowest BCUT2D eigenvalue weighted by Gasteiger charge is -2.32. The lowest BCUT2D eigenvalue weighted by Crippen LogP contribution is -2.41. The Bertz CT molecular complexity index is 1260. The van der Waals surface area contributed by atoms with Crippen LogP contribution < -0.4 is 5.32 Å². The van der Waals surface area contributed by atoms with Crippen molar-refractivity contribution in [2.24, 2.45) is 0 Å². The lowest BCUT2D eigenvalue weighted by atomic mass is 9.97. The summed E-state index contributed by atoms with van der Waals surface area (Å²) >= 11 is 0. The number of nitrogens with one attached hydrogen (secondary N) is 1. The molecule has 0 spiro atoms. The second-order valence-electron chi connectivity index (χ2n) is 8.10. The number of nitrogens with zero attached hydrogens (tertiary/aromatic N) is 2. The van der Waals surface area contributed by atoms with E-state index in [2.05, 4.69) is 53.3 Å². The van der Waals surface area contributed by atoms with Crippen LogP contribution in [-0.4, -0.2) is 15.5 Å². The Balaban J connectivity index is 1.56. The molecule has 0 unspecified atom stereocenters. The standard InChI is InChI=1S/C27H24FN3O/c1-19-7-2-4-9-23(19)26-25-11-6-16-30(25)24-10-5-3-8-21(24)18-31(26)27(32)29-17-20-12-14-22(28)15-13-20/h2-16,26H,17-18H2,1H3,(H,29,32)/t26-/m0/s1. The molecule has 2 amide bonds. The van der Waals surface area contributed by atoms with Crippen molar-refractivity contribution < 1.29 is 9.18 Å². The van der Waals surface area contributed by atoms with Crippen molar-refractivity contribution in [3.8, 4) is 5.69 Å². The number of amides is 2. The average molecular weight is 426 g/mol. The van der Waals surface area contributed by atoms with Gasteiger partial charge in [-0.3, -0.25) is 0 Å². The number of aromatic nitrogens is 1. The Morgan fingerprint density at radius 2 is 1.72 bits per heavy atom. The van der Waals surface area contributed by atoms with Crippen LogP contribution in [0.3, 0.4) is 0 Å². The monoisotopic (exact) mass is 425 g/mol. The lowest BCUT2D eigenvalue weighted by molar-refractivity contribution is 0.180. The van der Waals surface area contributed by atoms with E-state index in [0.29, 0.717) is 13.1 Å². The Morgan fingerprint density at radius 1 is 0.969 bits per heavy atom. The van der Waals surface area contributed by atoms with Gasteiger partial charge in [0, 0.05) is 18.4 Å². The highest BCUT2D eigenvalue weighted by Crippen LogP contribution is 2.37. The van der Waals surface area contributed by atoms with E-state index in [1.165, 1.54) is 12.1 Å². The number of carbonyl (C=O) groups excluding carboxylic acids is 1. The minimum absolute atomic E-state index is 0.160. The molecule has 1 N–H and O–H groups in total. The van der Waals surface area contributed by atoms with Crippen LogP contribution in [0.25, 0.3) is 5.69 Å². The molecule has 5 heteroatoms. The summed E-state index contributed by atoms with van der Waals surface area (Å²) in [6, 6.07) is 26.3. The molecule has 4 aromatic rings.